The summed E-state index contributed by atoms with van der Waals surface area (Å²) in [5.74, 6) is 1.29. The van der Waals surface area contributed by atoms with Crippen molar-refractivity contribution in [3.05, 3.63) is 24.3 Å². The second-order valence-corrected chi connectivity index (χ2v) is 3.94. The van der Waals surface area contributed by atoms with Crippen molar-refractivity contribution in [2.24, 2.45) is 11.8 Å². The molecular weight excluding hydrogens is 160 g/mol. The second kappa shape index (κ2) is 5.00. The molecule has 1 heteroatoms. The molecule has 0 aromatic heterocycles. The summed E-state index contributed by atoms with van der Waals surface area (Å²) in [6.45, 7) is 6.16. The molecule has 1 aliphatic carbocycles. The monoisotopic (exact) mass is 178 g/mol. The number of hydrogen-bond acceptors (Lipinski definition) is 1. The lowest BCUT2D eigenvalue weighted by Crippen LogP contribution is -2.12. The zero-order valence-corrected chi connectivity index (χ0v) is 8.33. The van der Waals surface area contributed by atoms with E-state index >= 15 is 0 Å². The first-order chi connectivity index (χ1) is 6.24. The Bertz CT molecular complexity index is 215. The smallest absolute Gasteiger partial charge is 0.120 e. The summed E-state index contributed by atoms with van der Waals surface area (Å²) in [5, 5.41) is 0. The van der Waals surface area contributed by atoms with Gasteiger partial charge in [-0.25, -0.2) is 0 Å². The van der Waals surface area contributed by atoms with E-state index in [2.05, 4.69) is 25.7 Å². The van der Waals surface area contributed by atoms with E-state index in [1.54, 1.807) is 0 Å². The molecule has 0 unspecified atom stereocenters. The number of hydrogen-bond donors (Lipinski definition) is 0. The molecule has 0 aliphatic heterocycles. The normalized spacial score (nSPS) is 24.4. The van der Waals surface area contributed by atoms with E-state index < -0.39 is 0 Å². The van der Waals surface area contributed by atoms with E-state index in [-0.39, 0.29) is 0 Å². The van der Waals surface area contributed by atoms with Gasteiger partial charge in [-0.05, 0) is 31.1 Å². The van der Waals surface area contributed by atoms with Gasteiger partial charge in [0, 0.05) is 6.42 Å². The maximum absolute atomic E-state index is 10.2. The van der Waals surface area contributed by atoms with Crippen LogP contribution in [0, 0.1) is 11.8 Å². The minimum atomic E-state index is 0.634. The molecule has 0 radical (unpaired) electrons. The lowest BCUT2D eigenvalue weighted by atomic mass is 9.82. The van der Waals surface area contributed by atoms with Crippen molar-refractivity contribution < 1.29 is 4.79 Å². The first-order valence-electron chi connectivity index (χ1n) is 5.03. The van der Waals surface area contributed by atoms with Crippen LogP contribution in [0.15, 0.2) is 24.3 Å². The molecular formula is C12H18O. The van der Waals surface area contributed by atoms with Crippen LogP contribution in [0.4, 0.5) is 0 Å². The van der Waals surface area contributed by atoms with Gasteiger partial charge in [0.25, 0.3) is 0 Å². The number of carbonyl (C=O) groups excluding carboxylic acids is 1. The Labute approximate surface area is 80.5 Å². The Morgan fingerprint density at radius 1 is 1.77 bits per heavy atom. The molecule has 1 rings (SSSR count). The third-order valence-corrected chi connectivity index (χ3v) is 2.85. The summed E-state index contributed by atoms with van der Waals surface area (Å²) >= 11 is 0. The molecule has 0 heterocycles. The van der Waals surface area contributed by atoms with Crippen LogP contribution in [-0.4, -0.2) is 6.29 Å². The second-order valence-electron chi connectivity index (χ2n) is 3.94. The minimum Gasteiger partial charge on any atom is -0.303 e. The van der Waals surface area contributed by atoms with Gasteiger partial charge in [-0.3, -0.25) is 0 Å². The molecule has 13 heavy (non-hydrogen) atoms. The van der Waals surface area contributed by atoms with Crippen molar-refractivity contribution >= 4 is 6.29 Å². The number of rotatable bonds is 4. The molecule has 1 aliphatic rings. The van der Waals surface area contributed by atoms with E-state index in [1.165, 1.54) is 12.0 Å². The summed E-state index contributed by atoms with van der Waals surface area (Å²) < 4.78 is 0. The van der Waals surface area contributed by atoms with Gasteiger partial charge in [-0.2, -0.15) is 0 Å². The Kier molecular flexibility index (Phi) is 3.94. The fourth-order valence-corrected chi connectivity index (χ4v) is 1.81. The molecule has 0 fully saturated rings. The molecule has 0 amide bonds. The van der Waals surface area contributed by atoms with E-state index in [0.29, 0.717) is 18.3 Å². The lowest BCUT2D eigenvalue weighted by molar-refractivity contribution is -0.108. The van der Waals surface area contributed by atoms with Crippen LogP contribution < -0.4 is 0 Å². The first-order valence-corrected chi connectivity index (χ1v) is 5.03. The number of carbonyl (C=O) groups is 1. The van der Waals surface area contributed by atoms with Gasteiger partial charge >= 0.3 is 0 Å². The van der Waals surface area contributed by atoms with Gasteiger partial charge in [0.15, 0.2) is 0 Å². The zero-order chi connectivity index (χ0) is 9.68. The van der Waals surface area contributed by atoms with Gasteiger partial charge < -0.3 is 4.79 Å². The van der Waals surface area contributed by atoms with Gasteiger partial charge in [0.2, 0.25) is 0 Å². The standard InChI is InChI=1S/C12H18O/c1-10-5-7-12(8-6-10)11(2)4-3-9-13/h5,7,9,11-12H,1,3-4,6,8H2,2H3/t11-,12-/m0/s1. The molecule has 0 bridgehead atoms. The average molecular weight is 178 g/mol. The zero-order valence-electron chi connectivity index (χ0n) is 8.33. The third kappa shape index (κ3) is 3.17. The van der Waals surface area contributed by atoms with Crippen molar-refractivity contribution in [2.45, 2.75) is 32.6 Å². The highest BCUT2D eigenvalue weighted by Gasteiger charge is 2.16. The molecule has 2 atom stereocenters. The van der Waals surface area contributed by atoms with Gasteiger partial charge in [0.05, 0.1) is 0 Å². The molecule has 0 aromatic rings. The Morgan fingerprint density at radius 3 is 3.08 bits per heavy atom. The maximum atomic E-state index is 10.2. The highest BCUT2D eigenvalue weighted by atomic mass is 16.1. The predicted octanol–water partition coefficient (Wildman–Crippen LogP) is 3.12. The van der Waals surface area contributed by atoms with Gasteiger partial charge in [-0.1, -0.05) is 31.2 Å². The Balaban J connectivity index is 2.39. The molecule has 1 nitrogen and oxygen atoms in total. The fraction of sp³-hybridized carbons (Fsp3) is 0.583. The van der Waals surface area contributed by atoms with Crippen LogP contribution in [0.5, 0.6) is 0 Å². The third-order valence-electron chi connectivity index (χ3n) is 2.85. The maximum Gasteiger partial charge on any atom is 0.120 e. The summed E-state index contributed by atoms with van der Waals surface area (Å²) in [6.07, 6.45) is 9.44. The molecule has 0 aromatic carbocycles. The topological polar surface area (TPSA) is 17.1 Å². The molecule has 0 spiro atoms. The van der Waals surface area contributed by atoms with Crippen LogP contribution >= 0.6 is 0 Å². The Hall–Kier alpha value is -0.850. The molecule has 0 N–H and O–H groups in total. The van der Waals surface area contributed by atoms with Crippen molar-refractivity contribution in [3.8, 4) is 0 Å². The SMILES string of the molecule is C=C1C=C[C@H]([C@@H](C)CCC=O)CC1. The van der Waals surface area contributed by atoms with E-state index in [1.807, 2.05) is 0 Å². The summed E-state index contributed by atoms with van der Waals surface area (Å²) in [7, 11) is 0. The largest absolute Gasteiger partial charge is 0.303 e. The number of allylic oxidation sites excluding steroid dienone is 3. The Morgan fingerprint density at radius 2 is 2.54 bits per heavy atom. The first kappa shape index (κ1) is 10.2. The van der Waals surface area contributed by atoms with E-state index in [9.17, 15) is 4.79 Å². The quantitative estimate of drug-likeness (QED) is 0.604. The predicted molar refractivity (Wildman–Crippen MR) is 55.5 cm³/mol. The van der Waals surface area contributed by atoms with Crippen LogP contribution in [-0.2, 0) is 4.79 Å². The van der Waals surface area contributed by atoms with Crippen LogP contribution in [0.2, 0.25) is 0 Å². The highest BCUT2D eigenvalue weighted by Crippen LogP contribution is 2.28. The molecule has 0 saturated carbocycles. The van der Waals surface area contributed by atoms with Crippen molar-refractivity contribution in [3.63, 3.8) is 0 Å². The summed E-state index contributed by atoms with van der Waals surface area (Å²) in [6, 6.07) is 0. The lowest BCUT2D eigenvalue weighted by Gasteiger charge is -2.23. The van der Waals surface area contributed by atoms with Gasteiger partial charge in [0.1, 0.15) is 6.29 Å². The average Bonchev–Trinajstić information content (AvgIpc) is 2.15. The van der Waals surface area contributed by atoms with Crippen molar-refractivity contribution in [1.29, 1.82) is 0 Å². The summed E-state index contributed by atoms with van der Waals surface area (Å²) in [5.41, 5.74) is 1.24. The van der Waals surface area contributed by atoms with Crippen molar-refractivity contribution in [2.75, 3.05) is 0 Å². The summed E-state index contributed by atoms with van der Waals surface area (Å²) in [4.78, 5) is 10.2. The molecule has 0 saturated heterocycles. The van der Waals surface area contributed by atoms with Crippen LogP contribution in [0.3, 0.4) is 0 Å². The van der Waals surface area contributed by atoms with Crippen molar-refractivity contribution in [1.82, 2.24) is 0 Å². The van der Waals surface area contributed by atoms with Crippen LogP contribution in [0.1, 0.15) is 32.6 Å². The molecule has 72 valence electrons. The van der Waals surface area contributed by atoms with Gasteiger partial charge in [-0.15, -0.1) is 0 Å². The minimum absolute atomic E-state index is 0.634. The fourth-order valence-electron chi connectivity index (χ4n) is 1.81. The van der Waals surface area contributed by atoms with E-state index in [0.717, 1.165) is 19.1 Å². The van der Waals surface area contributed by atoms with E-state index in [4.69, 9.17) is 0 Å². The van der Waals surface area contributed by atoms with Crippen LogP contribution in [0.25, 0.3) is 0 Å². The number of aldehydes is 1. The highest BCUT2D eigenvalue weighted by molar-refractivity contribution is 5.49.